The maximum absolute atomic E-state index is 13.4. The van der Waals surface area contributed by atoms with Crippen molar-refractivity contribution in [3.8, 4) is 0 Å². The summed E-state index contributed by atoms with van der Waals surface area (Å²) in [5, 5.41) is 14.8. The highest BCUT2D eigenvalue weighted by Gasteiger charge is 2.27. The second-order valence-corrected chi connectivity index (χ2v) is 13.3. The van der Waals surface area contributed by atoms with Crippen molar-refractivity contribution in [2.45, 2.75) is 56.8 Å². The summed E-state index contributed by atoms with van der Waals surface area (Å²) < 4.78 is 6.94. The van der Waals surface area contributed by atoms with Gasteiger partial charge in [-0.05, 0) is 61.7 Å². The number of carboxylic acids is 1. The number of nitrogens with one attached hydrogen (secondary N) is 1. The molecule has 1 atom stereocenters. The molecule has 0 radical (unpaired) electrons. The largest absolute Gasteiger partial charge is 0.480 e. The van der Waals surface area contributed by atoms with Crippen LogP contribution in [0.2, 0.25) is 0 Å². The summed E-state index contributed by atoms with van der Waals surface area (Å²) in [5.41, 5.74) is 1.13. The van der Waals surface area contributed by atoms with Gasteiger partial charge in [-0.2, -0.15) is 0 Å². The highest BCUT2D eigenvalue weighted by molar-refractivity contribution is 8.00. The summed E-state index contributed by atoms with van der Waals surface area (Å²) in [4.78, 5) is 59.1. The molecule has 2 amide bonds. The number of fused-ring (bicyclic) bond motifs is 2. The van der Waals surface area contributed by atoms with E-state index in [4.69, 9.17) is 9.72 Å². The van der Waals surface area contributed by atoms with Crippen molar-refractivity contribution in [2.75, 3.05) is 32.7 Å². The lowest BCUT2D eigenvalue weighted by atomic mass is 10.1. The predicted molar refractivity (Wildman–Crippen MR) is 178 cm³/mol. The van der Waals surface area contributed by atoms with Crippen LogP contribution in [-0.2, 0) is 27.4 Å². The Morgan fingerprint density at radius 3 is 2.26 bits per heavy atom. The van der Waals surface area contributed by atoms with Crippen LogP contribution in [0.5, 0.6) is 0 Å². The summed E-state index contributed by atoms with van der Waals surface area (Å²) >= 11 is 1.03. The Hall–Kier alpha value is -4.42. The first-order valence-electron chi connectivity index (χ1n) is 15.3. The smallest absolute Gasteiger partial charge is 0.410 e. The van der Waals surface area contributed by atoms with E-state index in [1.165, 1.54) is 4.57 Å². The number of hydrogen-bond donors (Lipinski definition) is 2. The number of benzene rings is 3. The van der Waals surface area contributed by atoms with Crippen molar-refractivity contribution in [3.05, 3.63) is 82.1 Å². The summed E-state index contributed by atoms with van der Waals surface area (Å²) in [6, 6.07) is 18.5. The molecule has 2 heterocycles. The second kappa shape index (κ2) is 13.9. The van der Waals surface area contributed by atoms with Gasteiger partial charge in [0.05, 0.1) is 17.4 Å². The van der Waals surface area contributed by atoms with Crippen LogP contribution < -0.4 is 10.9 Å². The van der Waals surface area contributed by atoms with Gasteiger partial charge in [0.2, 0.25) is 5.91 Å². The van der Waals surface area contributed by atoms with Crippen LogP contribution >= 0.6 is 11.8 Å². The van der Waals surface area contributed by atoms with E-state index >= 15 is 0 Å². The van der Waals surface area contributed by atoms with Crippen molar-refractivity contribution in [3.63, 3.8) is 0 Å². The van der Waals surface area contributed by atoms with Gasteiger partial charge < -0.3 is 20.1 Å². The molecule has 11 nitrogen and oxygen atoms in total. The number of amides is 2. The quantitative estimate of drug-likeness (QED) is 0.152. The van der Waals surface area contributed by atoms with Crippen molar-refractivity contribution >= 4 is 51.4 Å². The minimum atomic E-state index is -1.05. The first-order chi connectivity index (χ1) is 21.9. The maximum atomic E-state index is 13.4. The minimum Gasteiger partial charge on any atom is -0.480 e. The van der Waals surface area contributed by atoms with E-state index in [1.807, 2.05) is 69.0 Å². The van der Waals surface area contributed by atoms with Crippen molar-refractivity contribution in [1.82, 2.24) is 24.7 Å². The summed E-state index contributed by atoms with van der Waals surface area (Å²) in [6.45, 7) is 10.3. The number of nitrogens with zero attached hydrogens (tertiary/aromatic N) is 4. The zero-order chi connectivity index (χ0) is 33.0. The SMILES string of the molecule is CCn1c(SC(C(=O)O)c2ccc(CNC(=O)CN3CCN(C(=O)OC(C)(C)C)CC3)cc2)nc2cc3ccccc3cc2c1=O. The van der Waals surface area contributed by atoms with E-state index in [0.29, 0.717) is 54.3 Å². The van der Waals surface area contributed by atoms with E-state index in [-0.39, 0.29) is 30.6 Å². The second-order valence-electron chi connectivity index (χ2n) is 12.3. The summed E-state index contributed by atoms with van der Waals surface area (Å²) in [6.07, 6.45) is -0.342. The zero-order valence-corrected chi connectivity index (χ0v) is 27.3. The lowest BCUT2D eigenvalue weighted by Crippen LogP contribution is -2.52. The van der Waals surface area contributed by atoms with Crippen LogP contribution in [-0.4, -0.2) is 80.8 Å². The molecule has 1 aliphatic heterocycles. The van der Waals surface area contributed by atoms with Gasteiger partial charge in [0.1, 0.15) is 10.9 Å². The molecule has 2 N–H and O–H groups in total. The summed E-state index contributed by atoms with van der Waals surface area (Å²) in [7, 11) is 0. The van der Waals surface area contributed by atoms with Crippen LogP contribution in [0.1, 0.15) is 44.1 Å². The Labute approximate surface area is 271 Å². The zero-order valence-electron chi connectivity index (χ0n) is 26.5. The molecule has 242 valence electrons. The van der Waals surface area contributed by atoms with E-state index in [0.717, 1.165) is 28.1 Å². The number of hydrogen-bond acceptors (Lipinski definition) is 8. The Balaban J connectivity index is 1.20. The molecule has 0 saturated carbocycles. The maximum Gasteiger partial charge on any atom is 0.410 e. The third-order valence-electron chi connectivity index (χ3n) is 7.71. The molecule has 0 aliphatic carbocycles. The van der Waals surface area contributed by atoms with Crippen LogP contribution in [0, 0.1) is 0 Å². The number of aliphatic carboxylic acids is 1. The lowest BCUT2D eigenvalue weighted by molar-refractivity contribution is -0.136. The third kappa shape index (κ3) is 7.86. The molecular formula is C34H39N5O6S. The molecule has 0 spiro atoms. The molecule has 1 unspecified atom stereocenters. The van der Waals surface area contributed by atoms with E-state index < -0.39 is 16.8 Å². The topological polar surface area (TPSA) is 134 Å². The van der Waals surface area contributed by atoms with Gasteiger partial charge >= 0.3 is 12.1 Å². The van der Waals surface area contributed by atoms with Gasteiger partial charge in [0, 0.05) is 39.3 Å². The number of carboxylic acid groups (broad SMARTS) is 1. The highest BCUT2D eigenvalue weighted by Crippen LogP contribution is 2.35. The average molecular weight is 646 g/mol. The molecule has 1 saturated heterocycles. The minimum absolute atomic E-state index is 0.138. The molecular weight excluding hydrogens is 606 g/mol. The molecule has 4 aromatic rings. The molecule has 1 fully saturated rings. The molecule has 46 heavy (non-hydrogen) atoms. The monoisotopic (exact) mass is 645 g/mol. The Morgan fingerprint density at radius 2 is 1.65 bits per heavy atom. The van der Waals surface area contributed by atoms with Crippen LogP contribution in [0.3, 0.4) is 0 Å². The molecule has 1 aromatic heterocycles. The Kier molecular flexibility index (Phi) is 9.97. The molecule has 0 bridgehead atoms. The van der Waals surface area contributed by atoms with Crippen molar-refractivity contribution < 1.29 is 24.2 Å². The van der Waals surface area contributed by atoms with Gasteiger partial charge in [-0.15, -0.1) is 0 Å². The number of carbonyl (C=O) groups is 3. The normalized spacial score (nSPS) is 14.7. The van der Waals surface area contributed by atoms with E-state index in [1.54, 1.807) is 29.2 Å². The van der Waals surface area contributed by atoms with Crippen LogP contribution in [0.25, 0.3) is 21.7 Å². The number of rotatable bonds is 9. The fourth-order valence-electron chi connectivity index (χ4n) is 5.31. The van der Waals surface area contributed by atoms with Gasteiger partial charge in [0.25, 0.3) is 5.56 Å². The van der Waals surface area contributed by atoms with Crippen molar-refractivity contribution in [2.24, 2.45) is 0 Å². The summed E-state index contributed by atoms with van der Waals surface area (Å²) in [5.74, 6) is -1.19. The molecule has 1 aliphatic rings. The first kappa shape index (κ1) is 33.0. The number of ether oxygens (including phenoxy) is 1. The van der Waals surface area contributed by atoms with Gasteiger partial charge in [-0.25, -0.2) is 9.78 Å². The van der Waals surface area contributed by atoms with Gasteiger partial charge in [-0.3, -0.25) is 23.9 Å². The number of aromatic nitrogens is 2. The molecule has 5 rings (SSSR count). The van der Waals surface area contributed by atoms with E-state index in [9.17, 15) is 24.3 Å². The average Bonchev–Trinajstić information content (AvgIpc) is 3.01. The Bertz CT molecular complexity index is 1810. The lowest BCUT2D eigenvalue weighted by Gasteiger charge is -2.35. The third-order valence-corrected chi connectivity index (χ3v) is 8.95. The van der Waals surface area contributed by atoms with Gasteiger partial charge in [-0.1, -0.05) is 60.3 Å². The van der Waals surface area contributed by atoms with Crippen LogP contribution in [0.15, 0.2) is 70.6 Å². The highest BCUT2D eigenvalue weighted by atomic mass is 32.2. The molecule has 3 aromatic carbocycles. The number of thioether (sulfide) groups is 1. The van der Waals surface area contributed by atoms with Crippen molar-refractivity contribution in [1.29, 1.82) is 0 Å². The number of piperazine rings is 1. The predicted octanol–water partition coefficient (Wildman–Crippen LogP) is 4.66. The first-order valence-corrected chi connectivity index (χ1v) is 16.2. The number of carbonyl (C=O) groups excluding carboxylic acids is 2. The van der Waals surface area contributed by atoms with E-state index in [2.05, 4.69) is 5.32 Å². The Morgan fingerprint density at radius 1 is 1.00 bits per heavy atom. The standard InChI is InChI=1S/C34H39N5O6S/c1-5-39-30(41)26-18-24-8-6-7-9-25(24)19-27(26)36-32(39)46-29(31(42)43)23-12-10-22(11-13-23)20-35-28(40)21-37-14-16-38(17-15-37)33(44)45-34(2,3)4/h6-13,18-19,29H,5,14-17,20-21H2,1-4H3,(H,35,40)(H,42,43). The van der Waals surface area contributed by atoms with Crippen LogP contribution in [0.4, 0.5) is 4.79 Å². The molecule has 12 heteroatoms. The fourth-order valence-corrected chi connectivity index (χ4v) is 6.40. The van der Waals surface area contributed by atoms with Gasteiger partial charge in [0.15, 0.2) is 5.16 Å². The fraction of sp³-hybridized carbons (Fsp3) is 0.382.